The van der Waals surface area contributed by atoms with Crippen LogP contribution in [0.15, 0.2) is 0 Å². The van der Waals surface area contributed by atoms with E-state index in [1.807, 2.05) is 0 Å². The SMILES string of the molecule is CC[C@H](C)[C@H](NC(=O)[C@H](CCC(N)=O)NC(=O)[C@@H](NC(=O)[C@@H](N)CCCCN)C(C)C)C(=O)N[C@H](C(=O)N[C@@H](CC(N)=O)C(=O)N[C@@H](CCCCN)C(=O)N[C@@H](CCCCN)C(=O)N[C@@H](CC(C)C)C(=O)N[C@@H](CC(=O)O)C(=O)N[C@@H](CC(C)C)C(=O)N[C@@H](CO)C(=O)N[C@@H](CC(N)=O)C(=O)N[C@H](C(=O)N[C@@H](CCC(N)=O)C(=O)O)C(C)C)[C@@H](C)CC. The number of nitrogens with one attached hydrogen (secondary N) is 14. The summed E-state index contributed by atoms with van der Waals surface area (Å²) in [5, 5.41) is 64.3. The van der Waals surface area contributed by atoms with Crippen LogP contribution >= 0.6 is 0 Å². The number of carbonyl (C=O) groups is 20. The van der Waals surface area contributed by atoms with Crippen LogP contribution in [0.4, 0.5) is 0 Å². The molecule has 18 amide bonds. The number of primary amides is 4. The molecule has 0 unspecified atom stereocenters. The van der Waals surface area contributed by atoms with E-state index in [0.717, 1.165) is 0 Å². The van der Waals surface area contributed by atoms with Crippen LogP contribution in [0.25, 0.3) is 0 Å². The lowest BCUT2D eigenvalue weighted by atomic mass is 9.94. The molecule has 33 N–H and O–H groups in total. The van der Waals surface area contributed by atoms with E-state index in [0.29, 0.717) is 19.4 Å². The van der Waals surface area contributed by atoms with Gasteiger partial charge < -0.3 is 136 Å². The van der Waals surface area contributed by atoms with Crippen LogP contribution in [0.1, 0.15) is 212 Å². The van der Waals surface area contributed by atoms with Gasteiger partial charge in [0.2, 0.25) is 106 Å². The first-order valence-electron chi connectivity index (χ1n) is 41.3. The summed E-state index contributed by atoms with van der Waals surface area (Å²) in [5.41, 5.74) is 45.0. The fourth-order valence-corrected chi connectivity index (χ4v) is 12.2. The van der Waals surface area contributed by atoms with Crippen LogP contribution < -0.4 is 120 Å². The van der Waals surface area contributed by atoms with Crippen LogP contribution in [-0.4, -0.2) is 250 Å². The molecule has 0 aliphatic carbocycles. The van der Waals surface area contributed by atoms with Crippen LogP contribution in [0.2, 0.25) is 0 Å². The molecule has 0 aliphatic heterocycles. The molecule has 0 aromatic carbocycles. The first kappa shape index (κ1) is 111. The smallest absolute Gasteiger partial charge is 0.326 e. The Morgan fingerprint density at radius 1 is 0.287 bits per heavy atom. The third-order valence-electron chi connectivity index (χ3n) is 19.7. The van der Waals surface area contributed by atoms with Crippen LogP contribution in [0.3, 0.4) is 0 Å². The maximum atomic E-state index is 14.7. The number of hydrogen-bond acceptors (Lipinski definition) is 25. The lowest BCUT2D eigenvalue weighted by molar-refractivity contribution is -0.143. The van der Waals surface area contributed by atoms with Gasteiger partial charge in [0.1, 0.15) is 84.6 Å². The highest BCUT2D eigenvalue weighted by molar-refractivity contribution is 6.02. The molecule has 0 aromatic rings. The van der Waals surface area contributed by atoms with E-state index in [4.69, 9.17) is 45.9 Å². The van der Waals surface area contributed by atoms with Crippen LogP contribution in [0, 0.1) is 35.5 Å². The number of unbranched alkanes of at least 4 members (excludes halogenated alkanes) is 3. The lowest BCUT2D eigenvalue weighted by Crippen LogP contribution is -2.62. The molecule has 0 heterocycles. The number of aliphatic carboxylic acids is 2. The van der Waals surface area contributed by atoms with Crippen molar-refractivity contribution in [2.45, 2.75) is 302 Å². The average Bonchev–Trinajstić information content (AvgIpc) is 0.840. The van der Waals surface area contributed by atoms with Crippen molar-refractivity contribution in [3.63, 3.8) is 0 Å². The Hall–Kier alpha value is -10.8. The second-order valence-electron chi connectivity index (χ2n) is 32.0. The Morgan fingerprint density at radius 2 is 0.549 bits per heavy atom. The van der Waals surface area contributed by atoms with E-state index < -0.39 is 290 Å². The second kappa shape index (κ2) is 58.2. The number of aliphatic hydroxyl groups is 1. The number of carboxylic acid groups (broad SMARTS) is 2. The molecule has 45 heteroatoms. The first-order chi connectivity index (χ1) is 57.0. The Balaban J connectivity index is 7.26. The molecule has 0 aliphatic rings. The summed E-state index contributed by atoms with van der Waals surface area (Å²) in [6, 6.07) is -24.0. The van der Waals surface area contributed by atoms with Crippen molar-refractivity contribution < 1.29 is 111 Å². The molecule has 0 saturated heterocycles. The summed E-state index contributed by atoms with van der Waals surface area (Å²) in [7, 11) is 0. The molecule has 0 rings (SSSR count). The van der Waals surface area contributed by atoms with Gasteiger partial charge in [-0.05, 0) is 132 Å². The third-order valence-corrected chi connectivity index (χ3v) is 19.7. The van der Waals surface area contributed by atoms with Crippen molar-refractivity contribution >= 4 is 118 Å². The minimum absolute atomic E-state index is 0.106. The fourth-order valence-electron chi connectivity index (χ4n) is 12.2. The van der Waals surface area contributed by atoms with Gasteiger partial charge in [-0.25, -0.2) is 4.79 Å². The summed E-state index contributed by atoms with van der Waals surface area (Å²) in [6.07, 6.45) is -2.62. The van der Waals surface area contributed by atoms with Gasteiger partial charge in [-0.3, -0.25) is 91.1 Å². The predicted molar refractivity (Wildman–Crippen MR) is 443 cm³/mol. The van der Waals surface area contributed by atoms with Gasteiger partial charge in [-0.2, -0.15) is 0 Å². The quantitative estimate of drug-likeness (QED) is 0.0252. The number of hydrogen-bond donors (Lipinski definition) is 25. The van der Waals surface area contributed by atoms with Crippen molar-refractivity contribution in [2.24, 2.45) is 81.4 Å². The highest BCUT2D eigenvalue weighted by atomic mass is 16.4. The molecule has 122 heavy (non-hydrogen) atoms. The van der Waals surface area contributed by atoms with E-state index in [1.54, 1.807) is 69.2 Å². The topological polar surface area (TPSA) is 779 Å². The van der Waals surface area contributed by atoms with Gasteiger partial charge in [0.05, 0.1) is 31.9 Å². The molecule has 17 atom stereocenters. The number of amides is 18. The van der Waals surface area contributed by atoms with Gasteiger partial charge in [-0.15, -0.1) is 0 Å². The largest absolute Gasteiger partial charge is 0.481 e. The van der Waals surface area contributed by atoms with E-state index >= 15 is 0 Å². The van der Waals surface area contributed by atoms with Crippen molar-refractivity contribution in [1.82, 2.24) is 74.4 Å². The van der Waals surface area contributed by atoms with E-state index in [2.05, 4.69) is 74.4 Å². The summed E-state index contributed by atoms with van der Waals surface area (Å²) in [5.74, 6) is -25.6. The average molecular weight is 1740 g/mol. The molecule has 0 aromatic heterocycles. The monoisotopic (exact) mass is 1740 g/mol. The Bertz CT molecular complexity index is 3520. The van der Waals surface area contributed by atoms with E-state index in [-0.39, 0.29) is 90.1 Å². The van der Waals surface area contributed by atoms with Gasteiger partial charge >= 0.3 is 11.9 Å². The van der Waals surface area contributed by atoms with Gasteiger partial charge in [-0.1, -0.05) is 102 Å². The molecular formula is C77H138N22O23. The van der Waals surface area contributed by atoms with Gasteiger partial charge in [0.15, 0.2) is 0 Å². The van der Waals surface area contributed by atoms with Gasteiger partial charge in [0, 0.05) is 12.8 Å². The van der Waals surface area contributed by atoms with Crippen LogP contribution in [0.5, 0.6) is 0 Å². The Labute approximate surface area is 711 Å². The normalized spacial score (nSPS) is 15.5. The van der Waals surface area contributed by atoms with E-state index in [1.165, 1.54) is 13.8 Å². The zero-order valence-corrected chi connectivity index (χ0v) is 72.2. The molecule has 0 bridgehead atoms. The molecular weight excluding hydrogens is 1600 g/mol. The summed E-state index contributed by atoms with van der Waals surface area (Å²) in [4.78, 5) is 271. The molecule has 0 saturated carbocycles. The minimum Gasteiger partial charge on any atom is -0.481 e. The Morgan fingerprint density at radius 3 is 0.902 bits per heavy atom. The maximum Gasteiger partial charge on any atom is 0.326 e. The number of carboxylic acids is 2. The third kappa shape index (κ3) is 43.1. The highest BCUT2D eigenvalue weighted by Crippen LogP contribution is 2.18. The molecule has 694 valence electrons. The lowest BCUT2D eigenvalue weighted by Gasteiger charge is -2.31. The number of nitrogens with two attached hydrogens (primary N) is 8. The second-order valence-corrected chi connectivity index (χ2v) is 32.0. The van der Waals surface area contributed by atoms with Crippen molar-refractivity contribution in [1.29, 1.82) is 0 Å². The Kier molecular flexibility index (Phi) is 53.1. The minimum atomic E-state index is -2.02. The van der Waals surface area contributed by atoms with Gasteiger partial charge in [0.25, 0.3) is 0 Å². The van der Waals surface area contributed by atoms with Crippen molar-refractivity contribution in [3.8, 4) is 0 Å². The first-order valence-corrected chi connectivity index (χ1v) is 41.3. The number of aliphatic hydroxyl groups excluding tert-OH is 1. The standard InChI is InChI=1S/C77H138N22O23/c1-13-41(11)61(99-76(120)62(42(12)14-2)98-66(110)46(24-26-54(82)101)88-73(117)59(39(7)8)96-63(107)43(81)21-15-18-28-78)75(119)94-50(33-56(84)103)69(113)87-44(22-16-19-29-79)64(108)86-45(23-17-20-30-80)65(109)90-48(31-37(3)4)67(111)93-52(35-58(105)106)70(114)91-49(32-38(5)6)68(112)95-53(36-100)72(116)92-51(34-57(85)104)71(115)97-60(40(9)10)74(118)89-47(77(121)122)25-27-55(83)102/h37-53,59-62,100H,13-36,78-81H2,1-12H3,(H2,82,101)(H2,83,102)(H2,84,103)(H2,85,104)(H,86,108)(H,87,113)(H,88,117)(H,89,118)(H,90,109)(H,91,114)(H,92,116)(H,93,111)(H,94,119)(H,95,112)(H,96,107)(H,97,115)(H,98,110)(H,99,120)(H,105,106)(H,121,122)/t41-,42-,43-,44-,45-,46-,47-,48-,49-,50-,51-,52-,53-,59-,60-,61-,62-/m0/s1. The zero-order valence-electron chi connectivity index (χ0n) is 72.2. The van der Waals surface area contributed by atoms with Crippen LogP contribution in [-0.2, 0) is 95.9 Å². The summed E-state index contributed by atoms with van der Waals surface area (Å²) in [6.45, 7) is 18.6. The highest BCUT2D eigenvalue weighted by Gasteiger charge is 2.41. The maximum absolute atomic E-state index is 14.7. The molecule has 0 spiro atoms. The zero-order chi connectivity index (χ0) is 93.5. The predicted octanol–water partition coefficient (Wildman–Crippen LogP) is -7.18. The fraction of sp³-hybridized carbons (Fsp3) is 0.740. The molecule has 0 radical (unpaired) electrons. The summed E-state index contributed by atoms with van der Waals surface area (Å²) >= 11 is 0. The number of carbonyl (C=O) groups excluding carboxylic acids is 18. The number of rotatable bonds is 64. The van der Waals surface area contributed by atoms with Crippen molar-refractivity contribution in [3.05, 3.63) is 0 Å². The van der Waals surface area contributed by atoms with E-state index in [9.17, 15) is 111 Å². The van der Waals surface area contributed by atoms with Crippen molar-refractivity contribution in [2.75, 3.05) is 26.2 Å². The summed E-state index contributed by atoms with van der Waals surface area (Å²) < 4.78 is 0. The molecule has 45 nitrogen and oxygen atoms in total. The molecule has 0 fully saturated rings.